The standard InChI is InChI=1S/C11H22N2O2/c14-8-7-12-3-5-13(6-4-12)10-11-2-1-9-15-11/h11,14H,1-10H2/t11-/m0/s1. The van der Waals surface area contributed by atoms with Crippen molar-refractivity contribution in [2.75, 3.05) is 52.5 Å². The zero-order valence-electron chi connectivity index (χ0n) is 9.40. The number of piperazine rings is 1. The minimum Gasteiger partial charge on any atom is -0.395 e. The third kappa shape index (κ3) is 3.41. The second-order valence-corrected chi connectivity index (χ2v) is 4.50. The smallest absolute Gasteiger partial charge is 0.0702 e. The molecular weight excluding hydrogens is 192 g/mol. The molecule has 0 aliphatic carbocycles. The van der Waals surface area contributed by atoms with E-state index in [-0.39, 0.29) is 6.61 Å². The molecule has 0 radical (unpaired) electrons. The van der Waals surface area contributed by atoms with Gasteiger partial charge in [0.25, 0.3) is 0 Å². The minimum atomic E-state index is 0.283. The molecule has 0 aromatic rings. The van der Waals surface area contributed by atoms with Crippen LogP contribution in [-0.2, 0) is 4.74 Å². The number of β-amino-alcohol motifs (C(OH)–C–C–N with tert-alkyl or cyclic N) is 1. The van der Waals surface area contributed by atoms with Crippen molar-refractivity contribution in [1.82, 2.24) is 9.80 Å². The predicted octanol–water partition coefficient (Wildman–Crippen LogP) is -0.225. The van der Waals surface area contributed by atoms with E-state index in [9.17, 15) is 0 Å². The first-order valence-electron chi connectivity index (χ1n) is 6.05. The molecule has 2 saturated heterocycles. The summed E-state index contributed by atoms with van der Waals surface area (Å²) in [5, 5.41) is 8.84. The highest BCUT2D eigenvalue weighted by Crippen LogP contribution is 2.14. The van der Waals surface area contributed by atoms with Crippen molar-refractivity contribution in [2.24, 2.45) is 0 Å². The Bertz CT molecular complexity index is 175. The molecule has 1 atom stereocenters. The lowest BCUT2D eigenvalue weighted by atomic mass is 10.2. The molecular formula is C11H22N2O2. The van der Waals surface area contributed by atoms with Gasteiger partial charge in [-0.3, -0.25) is 9.80 Å². The van der Waals surface area contributed by atoms with Crippen molar-refractivity contribution in [3.8, 4) is 0 Å². The first-order valence-corrected chi connectivity index (χ1v) is 6.05. The first-order chi connectivity index (χ1) is 7.38. The highest BCUT2D eigenvalue weighted by Gasteiger charge is 2.22. The molecule has 2 fully saturated rings. The average molecular weight is 214 g/mol. The molecule has 2 heterocycles. The molecule has 15 heavy (non-hydrogen) atoms. The third-order valence-corrected chi connectivity index (χ3v) is 3.37. The monoisotopic (exact) mass is 214 g/mol. The molecule has 2 aliphatic heterocycles. The van der Waals surface area contributed by atoms with Gasteiger partial charge in [0.1, 0.15) is 0 Å². The largest absolute Gasteiger partial charge is 0.395 e. The third-order valence-electron chi connectivity index (χ3n) is 3.37. The number of hydrogen-bond donors (Lipinski definition) is 1. The summed E-state index contributed by atoms with van der Waals surface area (Å²) in [4.78, 5) is 4.82. The van der Waals surface area contributed by atoms with Crippen LogP contribution in [0.15, 0.2) is 0 Å². The highest BCUT2D eigenvalue weighted by molar-refractivity contribution is 4.76. The number of hydrogen-bond acceptors (Lipinski definition) is 4. The summed E-state index contributed by atoms with van der Waals surface area (Å²) in [5.41, 5.74) is 0. The van der Waals surface area contributed by atoms with Gasteiger partial charge in [-0.25, -0.2) is 0 Å². The van der Waals surface area contributed by atoms with Crippen molar-refractivity contribution >= 4 is 0 Å². The number of nitrogens with zero attached hydrogens (tertiary/aromatic N) is 2. The molecule has 2 aliphatic rings. The maximum absolute atomic E-state index is 8.84. The van der Waals surface area contributed by atoms with Crippen LogP contribution in [0.2, 0.25) is 0 Å². The fourth-order valence-corrected chi connectivity index (χ4v) is 2.41. The van der Waals surface area contributed by atoms with Crippen molar-refractivity contribution in [3.63, 3.8) is 0 Å². The Balaban J connectivity index is 1.64. The maximum atomic E-state index is 8.84. The summed E-state index contributed by atoms with van der Waals surface area (Å²) in [5.74, 6) is 0. The molecule has 0 aromatic heterocycles. The highest BCUT2D eigenvalue weighted by atomic mass is 16.5. The van der Waals surface area contributed by atoms with Gasteiger partial charge in [0, 0.05) is 45.9 Å². The number of aliphatic hydroxyl groups excluding tert-OH is 1. The fourth-order valence-electron chi connectivity index (χ4n) is 2.41. The van der Waals surface area contributed by atoms with Crippen molar-refractivity contribution in [1.29, 1.82) is 0 Å². The minimum absolute atomic E-state index is 0.283. The molecule has 88 valence electrons. The summed E-state index contributed by atoms with van der Waals surface area (Å²) in [7, 11) is 0. The molecule has 0 saturated carbocycles. The number of ether oxygens (including phenoxy) is 1. The number of rotatable bonds is 4. The fraction of sp³-hybridized carbons (Fsp3) is 1.00. The summed E-state index contributed by atoms with van der Waals surface area (Å²) >= 11 is 0. The topological polar surface area (TPSA) is 35.9 Å². The van der Waals surface area contributed by atoms with E-state index in [1.807, 2.05) is 0 Å². The van der Waals surface area contributed by atoms with Crippen LogP contribution < -0.4 is 0 Å². The van der Waals surface area contributed by atoms with Gasteiger partial charge in [0.15, 0.2) is 0 Å². The van der Waals surface area contributed by atoms with Gasteiger partial charge in [0.2, 0.25) is 0 Å². The van der Waals surface area contributed by atoms with Crippen molar-refractivity contribution in [2.45, 2.75) is 18.9 Å². The van der Waals surface area contributed by atoms with E-state index in [4.69, 9.17) is 9.84 Å². The quantitative estimate of drug-likeness (QED) is 0.701. The lowest BCUT2D eigenvalue weighted by Crippen LogP contribution is -2.49. The van der Waals surface area contributed by atoms with Crippen LogP contribution >= 0.6 is 0 Å². The van der Waals surface area contributed by atoms with E-state index in [0.29, 0.717) is 6.10 Å². The van der Waals surface area contributed by atoms with E-state index in [2.05, 4.69) is 9.80 Å². The Kier molecular flexibility index (Phi) is 4.38. The second-order valence-electron chi connectivity index (χ2n) is 4.50. The summed E-state index contributed by atoms with van der Waals surface area (Å²) < 4.78 is 5.63. The lowest BCUT2D eigenvalue weighted by Gasteiger charge is -2.35. The zero-order chi connectivity index (χ0) is 10.5. The van der Waals surface area contributed by atoms with Gasteiger partial charge in [-0.05, 0) is 12.8 Å². The van der Waals surface area contributed by atoms with E-state index in [1.165, 1.54) is 12.8 Å². The Labute approximate surface area is 91.8 Å². The molecule has 2 rings (SSSR count). The van der Waals surface area contributed by atoms with Gasteiger partial charge in [-0.15, -0.1) is 0 Å². The Morgan fingerprint density at radius 2 is 1.87 bits per heavy atom. The molecule has 1 N–H and O–H groups in total. The van der Waals surface area contributed by atoms with E-state index < -0.39 is 0 Å². The van der Waals surface area contributed by atoms with Gasteiger partial charge < -0.3 is 9.84 Å². The average Bonchev–Trinajstić information content (AvgIpc) is 2.74. The lowest BCUT2D eigenvalue weighted by molar-refractivity contribution is 0.0469. The Hall–Kier alpha value is -0.160. The van der Waals surface area contributed by atoms with Crippen LogP contribution in [0.5, 0.6) is 0 Å². The molecule has 0 bridgehead atoms. The number of aliphatic hydroxyl groups is 1. The van der Waals surface area contributed by atoms with Crippen LogP contribution in [0.1, 0.15) is 12.8 Å². The van der Waals surface area contributed by atoms with Crippen LogP contribution in [0.4, 0.5) is 0 Å². The van der Waals surface area contributed by atoms with Gasteiger partial charge in [0.05, 0.1) is 12.7 Å². The molecule has 0 spiro atoms. The van der Waals surface area contributed by atoms with Crippen LogP contribution in [0.25, 0.3) is 0 Å². The molecule has 0 aromatic carbocycles. The van der Waals surface area contributed by atoms with Gasteiger partial charge in [-0.1, -0.05) is 0 Å². The molecule has 0 unspecified atom stereocenters. The van der Waals surface area contributed by atoms with Crippen LogP contribution in [-0.4, -0.2) is 73.5 Å². The zero-order valence-corrected chi connectivity index (χ0v) is 9.40. The Morgan fingerprint density at radius 1 is 1.13 bits per heavy atom. The van der Waals surface area contributed by atoms with E-state index in [0.717, 1.165) is 45.9 Å². The second kappa shape index (κ2) is 5.80. The van der Waals surface area contributed by atoms with Crippen LogP contribution in [0.3, 0.4) is 0 Å². The normalized spacial score (nSPS) is 29.8. The van der Waals surface area contributed by atoms with Gasteiger partial charge in [-0.2, -0.15) is 0 Å². The van der Waals surface area contributed by atoms with Crippen molar-refractivity contribution < 1.29 is 9.84 Å². The Morgan fingerprint density at radius 3 is 2.47 bits per heavy atom. The van der Waals surface area contributed by atoms with Crippen LogP contribution in [0, 0.1) is 0 Å². The summed E-state index contributed by atoms with van der Waals surface area (Å²) in [6.45, 7) is 7.60. The summed E-state index contributed by atoms with van der Waals surface area (Å²) in [6.07, 6.45) is 2.95. The van der Waals surface area contributed by atoms with Crippen molar-refractivity contribution in [3.05, 3.63) is 0 Å². The molecule has 4 heteroatoms. The first kappa shape index (κ1) is 11.3. The molecule has 0 amide bonds. The molecule has 4 nitrogen and oxygen atoms in total. The van der Waals surface area contributed by atoms with E-state index in [1.54, 1.807) is 0 Å². The predicted molar refractivity (Wildman–Crippen MR) is 58.9 cm³/mol. The summed E-state index contributed by atoms with van der Waals surface area (Å²) in [6, 6.07) is 0. The maximum Gasteiger partial charge on any atom is 0.0702 e. The van der Waals surface area contributed by atoms with Gasteiger partial charge >= 0.3 is 0 Å². The SMILES string of the molecule is OCCN1CCN(C[C@@H]2CCCO2)CC1. The van der Waals surface area contributed by atoms with E-state index >= 15 is 0 Å².